The number of benzene rings is 1. The number of likely N-dealkylation sites (N-methyl/N-ethyl adjacent to an activating group) is 1. The first-order chi connectivity index (χ1) is 8.93. The van der Waals surface area contributed by atoms with Crippen LogP contribution in [0.2, 0.25) is 0 Å². The maximum atomic E-state index is 11.2. The zero-order valence-corrected chi connectivity index (χ0v) is 12.1. The van der Waals surface area contributed by atoms with E-state index in [0.717, 1.165) is 12.1 Å². The Morgan fingerprint density at radius 3 is 2.68 bits per heavy atom. The second-order valence-corrected chi connectivity index (χ2v) is 4.74. The lowest BCUT2D eigenvalue weighted by Crippen LogP contribution is -2.26. The fraction of sp³-hybridized carbons (Fsp3) is 0.500. The van der Waals surface area contributed by atoms with Crippen molar-refractivity contribution in [1.29, 1.82) is 0 Å². The molecule has 0 aliphatic heterocycles. The molecule has 0 saturated heterocycles. The minimum absolute atomic E-state index is 0.0989. The topological polar surface area (TPSA) is 67.6 Å². The molecule has 3 N–H and O–H groups in total. The van der Waals surface area contributed by atoms with Gasteiger partial charge in [-0.15, -0.1) is 0 Å². The molecule has 0 bridgehead atoms. The van der Waals surface area contributed by atoms with Gasteiger partial charge >= 0.3 is 0 Å². The second-order valence-electron chi connectivity index (χ2n) is 4.74. The van der Waals surface area contributed by atoms with Crippen LogP contribution >= 0.6 is 0 Å². The predicted molar refractivity (Wildman–Crippen MR) is 77.4 cm³/mol. The Bertz CT molecular complexity index is 433. The molecule has 1 atom stereocenters. The molecule has 1 rings (SSSR count). The van der Waals surface area contributed by atoms with Crippen LogP contribution in [-0.2, 0) is 4.79 Å². The molecule has 0 aliphatic carbocycles. The van der Waals surface area contributed by atoms with Crippen LogP contribution in [0.5, 0.6) is 5.75 Å². The number of nitrogens with two attached hydrogens (primary N) is 1. The number of carbonyl (C=O) groups is 1. The van der Waals surface area contributed by atoms with Crippen LogP contribution in [0, 0.1) is 0 Å². The highest BCUT2D eigenvalue weighted by molar-refractivity contribution is 5.90. The molecule has 1 aromatic rings. The van der Waals surface area contributed by atoms with Gasteiger partial charge in [0.25, 0.3) is 0 Å². The van der Waals surface area contributed by atoms with Crippen LogP contribution in [0.25, 0.3) is 0 Å². The van der Waals surface area contributed by atoms with E-state index in [0.29, 0.717) is 18.0 Å². The highest BCUT2D eigenvalue weighted by Gasteiger charge is 2.12. The monoisotopic (exact) mass is 265 g/mol. The van der Waals surface area contributed by atoms with Gasteiger partial charge in [-0.3, -0.25) is 4.79 Å². The Balaban J connectivity index is 2.99. The van der Waals surface area contributed by atoms with E-state index in [-0.39, 0.29) is 11.9 Å². The van der Waals surface area contributed by atoms with Gasteiger partial charge in [0.2, 0.25) is 5.91 Å². The molecular formula is C14H23N3O2. The number of carbonyl (C=O) groups excluding carboxylic acids is 1. The number of anilines is 1. The van der Waals surface area contributed by atoms with E-state index < -0.39 is 0 Å². The van der Waals surface area contributed by atoms with Gasteiger partial charge in [-0.25, -0.2) is 0 Å². The molecule has 0 radical (unpaired) electrons. The summed E-state index contributed by atoms with van der Waals surface area (Å²) in [7, 11) is 3.95. The third kappa shape index (κ3) is 4.89. The Labute approximate surface area is 114 Å². The van der Waals surface area contributed by atoms with Crippen molar-refractivity contribution in [3.05, 3.63) is 23.8 Å². The van der Waals surface area contributed by atoms with E-state index in [1.807, 2.05) is 44.1 Å². The van der Waals surface area contributed by atoms with Gasteiger partial charge in [0.1, 0.15) is 5.75 Å². The molecule has 5 nitrogen and oxygen atoms in total. The van der Waals surface area contributed by atoms with Crippen LogP contribution in [0.3, 0.4) is 0 Å². The first kappa shape index (κ1) is 15.5. The summed E-state index contributed by atoms with van der Waals surface area (Å²) in [6, 6.07) is 5.56. The fourth-order valence-electron chi connectivity index (χ4n) is 1.85. The third-order valence-corrected chi connectivity index (χ3v) is 2.60. The summed E-state index contributed by atoms with van der Waals surface area (Å²) in [4.78, 5) is 13.2. The zero-order chi connectivity index (χ0) is 14.4. The summed E-state index contributed by atoms with van der Waals surface area (Å²) in [5.41, 5.74) is 7.77. The van der Waals surface area contributed by atoms with Crippen molar-refractivity contribution in [2.24, 2.45) is 5.73 Å². The quantitative estimate of drug-likeness (QED) is 0.820. The van der Waals surface area contributed by atoms with Crippen LogP contribution in [0.15, 0.2) is 18.2 Å². The normalized spacial score (nSPS) is 12.3. The average molecular weight is 265 g/mol. The van der Waals surface area contributed by atoms with E-state index in [9.17, 15) is 4.79 Å². The van der Waals surface area contributed by atoms with Crippen LogP contribution < -0.4 is 15.8 Å². The van der Waals surface area contributed by atoms with Crippen molar-refractivity contribution >= 4 is 11.6 Å². The average Bonchev–Trinajstić information content (AvgIpc) is 2.30. The zero-order valence-electron chi connectivity index (χ0n) is 12.1. The van der Waals surface area contributed by atoms with Gasteiger partial charge in [-0.05, 0) is 38.7 Å². The lowest BCUT2D eigenvalue weighted by Gasteiger charge is -2.19. The number of hydrogen-bond acceptors (Lipinski definition) is 4. The number of rotatable bonds is 6. The molecule has 1 unspecified atom stereocenters. The number of nitrogens with one attached hydrogen (secondary N) is 1. The van der Waals surface area contributed by atoms with Gasteiger partial charge in [0.15, 0.2) is 0 Å². The first-order valence-electron chi connectivity index (χ1n) is 6.38. The molecule has 0 fully saturated rings. The smallest absolute Gasteiger partial charge is 0.221 e. The maximum absolute atomic E-state index is 11.2. The Hall–Kier alpha value is -1.59. The summed E-state index contributed by atoms with van der Waals surface area (Å²) in [6.45, 7) is 4.68. The van der Waals surface area contributed by atoms with Gasteiger partial charge in [-0.2, -0.15) is 0 Å². The largest absolute Gasteiger partial charge is 0.492 e. The van der Waals surface area contributed by atoms with Crippen molar-refractivity contribution in [3.8, 4) is 5.75 Å². The third-order valence-electron chi connectivity index (χ3n) is 2.60. The van der Waals surface area contributed by atoms with E-state index in [2.05, 4.69) is 5.32 Å². The van der Waals surface area contributed by atoms with E-state index in [1.165, 1.54) is 6.92 Å². The number of nitrogens with zero attached hydrogens (tertiary/aromatic N) is 1. The Kier molecular flexibility index (Phi) is 5.79. The highest BCUT2D eigenvalue weighted by Crippen LogP contribution is 2.28. The lowest BCUT2D eigenvalue weighted by atomic mass is 10.1. The van der Waals surface area contributed by atoms with Crippen molar-refractivity contribution < 1.29 is 9.53 Å². The van der Waals surface area contributed by atoms with Crippen molar-refractivity contribution in [2.75, 3.05) is 32.6 Å². The van der Waals surface area contributed by atoms with Gasteiger partial charge < -0.3 is 20.7 Å². The highest BCUT2D eigenvalue weighted by atomic mass is 16.5. The van der Waals surface area contributed by atoms with E-state index in [1.54, 1.807) is 0 Å². The molecule has 0 aliphatic rings. The SMILES string of the molecule is CCOc1ccc(C(N)CN(C)C)cc1NC(C)=O. The number of ether oxygens (including phenoxy) is 1. The molecule has 0 saturated carbocycles. The molecule has 0 aromatic heterocycles. The Morgan fingerprint density at radius 1 is 1.47 bits per heavy atom. The van der Waals surface area contributed by atoms with Crippen molar-refractivity contribution in [2.45, 2.75) is 19.9 Å². The van der Waals surface area contributed by atoms with Crippen molar-refractivity contribution in [1.82, 2.24) is 4.90 Å². The molecule has 19 heavy (non-hydrogen) atoms. The predicted octanol–water partition coefficient (Wildman–Crippen LogP) is 1.61. The summed E-state index contributed by atoms with van der Waals surface area (Å²) in [6.07, 6.45) is 0. The van der Waals surface area contributed by atoms with Gasteiger partial charge in [0, 0.05) is 19.5 Å². The van der Waals surface area contributed by atoms with Gasteiger partial charge in [-0.1, -0.05) is 6.07 Å². The molecular weight excluding hydrogens is 242 g/mol. The van der Waals surface area contributed by atoms with Crippen LogP contribution in [-0.4, -0.2) is 38.1 Å². The summed E-state index contributed by atoms with van der Waals surface area (Å²) < 4.78 is 5.49. The number of hydrogen-bond donors (Lipinski definition) is 2. The van der Waals surface area contributed by atoms with Crippen LogP contribution in [0.1, 0.15) is 25.5 Å². The molecule has 1 amide bonds. The molecule has 0 heterocycles. The summed E-state index contributed by atoms with van der Waals surface area (Å²) in [5.74, 6) is 0.540. The minimum atomic E-state index is -0.126. The van der Waals surface area contributed by atoms with Crippen LogP contribution in [0.4, 0.5) is 5.69 Å². The van der Waals surface area contributed by atoms with E-state index in [4.69, 9.17) is 10.5 Å². The van der Waals surface area contributed by atoms with E-state index >= 15 is 0 Å². The number of amides is 1. The minimum Gasteiger partial charge on any atom is -0.492 e. The summed E-state index contributed by atoms with van der Waals surface area (Å²) >= 11 is 0. The molecule has 1 aromatic carbocycles. The lowest BCUT2D eigenvalue weighted by molar-refractivity contribution is -0.114. The molecule has 5 heteroatoms. The molecule has 0 spiro atoms. The first-order valence-corrected chi connectivity index (χ1v) is 6.38. The summed E-state index contributed by atoms with van der Waals surface area (Å²) in [5, 5.41) is 2.77. The van der Waals surface area contributed by atoms with Gasteiger partial charge in [0.05, 0.1) is 12.3 Å². The Morgan fingerprint density at radius 2 is 2.16 bits per heavy atom. The van der Waals surface area contributed by atoms with Crippen molar-refractivity contribution in [3.63, 3.8) is 0 Å². The maximum Gasteiger partial charge on any atom is 0.221 e. The fourth-order valence-corrected chi connectivity index (χ4v) is 1.85. The molecule has 106 valence electrons. The standard InChI is InChI=1S/C14H23N3O2/c1-5-19-14-7-6-11(12(15)9-17(3)4)8-13(14)16-10(2)18/h6-8,12H,5,9,15H2,1-4H3,(H,16,18). The second kappa shape index (κ2) is 7.11.